The second-order valence-electron chi connectivity index (χ2n) is 3.95. The number of rotatable bonds is 7. The Hall–Kier alpha value is -0.830. The molecule has 0 rings (SSSR count). The number of allylic oxidation sites excluding steroid dienone is 1. The van der Waals surface area contributed by atoms with Gasteiger partial charge in [0.15, 0.2) is 0 Å². The fourth-order valence-electron chi connectivity index (χ4n) is 1.54. The average Bonchev–Trinajstić information content (AvgIpc) is 2.18. The van der Waals surface area contributed by atoms with Gasteiger partial charge in [-0.3, -0.25) is 0 Å². The van der Waals surface area contributed by atoms with Crippen molar-refractivity contribution in [3.63, 3.8) is 0 Å². The molecule has 0 heterocycles. The molecule has 0 saturated heterocycles. The summed E-state index contributed by atoms with van der Waals surface area (Å²) in [6.45, 7) is 5.64. The minimum Gasteiger partial charge on any atom is -0.478 e. The van der Waals surface area contributed by atoms with E-state index in [-0.39, 0.29) is 12.0 Å². The second-order valence-corrected chi connectivity index (χ2v) is 3.95. The Labute approximate surface area is 91.8 Å². The van der Waals surface area contributed by atoms with E-state index in [2.05, 4.69) is 0 Å². The molecule has 0 aromatic heterocycles. The zero-order chi connectivity index (χ0) is 11.8. The van der Waals surface area contributed by atoms with Crippen molar-refractivity contribution in [1.29, 1.82) is 0 Å². The summed E-state index contributed by atoms with van der Waals surface area (Å²) < 4.78 is 0. The zero-order valence-electron chi connectivity index (χ0n) is 9.86. The van der Waals surface area contributed by atoms with Gasteiger partial charge < -0.3 is 10.2 Å². The second kappa shape index (κ2) is 7.46. The zero-order valence-corrected chi connectivity index (χ0v) is 9.86. The van der Waals surface area contributed by atoms with Gasteiger partial charge in [-0.15, -0.1) is 0 Å². The normalized spacial score (nSPS) is 16.1. The Morgan fingerprint density at radius 2 is 2.00 bits per heavy atom. The van der Waals surface area contributed by atoms with Gasteiger partial charge in [0.05, 0.1) is 6.10 Å². The van der Waals surface area contributed by atoms with Crippen LogP contribution in [0.15, 0.2) is 11.6 Å². The Kier molecular flexibility index (Phi) is 7.05. The fraction of sp³-hybridized carbons (Fsp3) is 0.750. The van der Waals surface area contributed by atoms with Gasteiger partial charge in [0.2, 0.25) is 0 Å². The third kappa shape index (κ3) is 5.57. The number of hydrogen-bond acceptors (Lipinski definition) is 2. The van der Waals surface area contributed by atoms with E-state index in [0.29, 0.717) is 12.0 Å². The molecule has 0 fully saturated rings. The van der Waals surface area contributed by atoms with Crippen molar-refractivity contribution in [2.45, 2.75) is 52.6 Å². The summed E-state index contributed by atoms with van der Waals surface area (Å²) in [5.74, 6) is -0.700. The first-order valence-electron chi connectivity index (χ1n) is 5.61. The van der Waals surface area contributed by atoms with Crippen LogP contribution in [0.5, 0.6) is 0 Å². The lowest BCUT2D eigenvalue weighted by molar-refractivity contribution is -0.132. The average molecular weight is 214 g/mol. The highest BCUT2D eigenvalue weighted by molar-refractivity contribution is 5.85. The van der Waals surface area contributed by atoms with Gasteiger partial charge in [0.25, 0.3) is 0 Å². The van der Waals surface area contributed by atoms with E-state index in [1.807, 2.05) is 13.8 Å². The molecule has 0 bridgehead atoms. The van der Waals surface area contributed by atoms with Crippen LogP contribution in [0.2, 0.25) is 0 Å². The maximum atomic E-state index is 10.6. The van der Waals surface area contributed by atoms with Gasteiger partial charge in [-0.2, -0.15) is 0 Å². The summed E-state index contributed by atoms with van der Waals surface area (Å²) in [5, 5.41) is 18.5. The van der Waals surface area contributed by atoms with Crippen molar-refractivity contribution < 1.29 is 15.0 Å². The molecule has 2 N–H and O–H groups in total. The summed E-state index contributed by atoms with van der Waals surface area (Å²) in [5.41, 5.74) is 0.358. The van der Waals surface area contributed by atoms with Gasteiger partial charge in [0, 0.05) is 5.57 Å². The third-order valence-corrected chi connectivity index (χ3v) is 2.72. The van der Waals surface area contributed by atoms with Crippen molar-refractivity contribution in [1.82, 2.24) is 0 Å². The molecule has 3 heteroatoms. The lowest BCUT2D eigenvalue weighted by Crippen LogP contribution is -2.19. The number of carbonyl (C=O) groups is 1. The minimum absolute atomic E-state index is 0.180. The van der Waals surface area contributed by atoms with Crippen LogP contribution in [0.3, 0.4) is 0 Å². The summed E-state index contributed by atoms with van der Waals surface area (Å²) in [6, 6.07) is 0. The molecule has 3 nitrogen and oxygen atoms in total. The van der Waals surface area contributed by atoms with Crippen molar-refractivity contribution >= 4 is 5.97 Å². The highest BCUT2D eigenvalue weighted by atomic mass is 16.4. The smallest absolute Gasteiger partial charge is 0.330 e. The van der Waals surface area contributed by atoms with Crippen molar-refractivity contribution in [2.75, 3.05) is 0 Å². The van der Waals surface area contributed by atoms with Crippen LogP contribution in [0.25, 0.3) is 0 Å². The van der Waals surface area contributed by atoms with Crippen LogP contribution < -0.4 is 0 Å². The first kappa shape index (κ1) is 14.2. The van der Waals surface area contributed by atoms with Crippen molar-refractivity contribution in [3.05, 3.63) is 11.6 Å². The van der Waals surface area contributed by atoms with Crippen LogP contribution in [0, 0.1) is 5.92 Å². The molecular formula is C12H22O3. The van der Waals surface area contributed by atoms with Crippen LogP contribution in [0.1, 0.15) is 46.5 Å². The van der Waals surface area contributed by atoms with Gasteiger partial charge >= 0.3 is 5.97 Å². The highest BCUT2D eigenvalue weighted by Gasteiger charge is 2.15. The Bertz CT molecular complexity index is 221. The van der Waals surface area contributed by atoms with Crippen LogP contribution in [0.4, 0.5) is 0 Å². The predicted octanol–water partition coefficient (Wildman–Crippen LogP) is 2.59. The minimum atomic E-state index is -0.880. The predicted molar refractivity (Wildman–Crippen MR) is 60.7 cm³/mol. The van der Waals surface area contributed by atoms with E-state index in [0.717, 1.165) is 19.3 Å². The molecule has 0 aliphatic heterocycles. The molecule has 0 spiro atoms. The number of aliphatic hydroxyl groups is 1. The van der Waals surface area contributed by atoms with Gasteiger partial charge in [-0.05, 0) is 25.7 Å². The quantitative estimate of drug-likeness (QED) is 0.640. The highest BCUT2D eigenvalue weighted by Crippen LogP contribution is 2.18. The van der Waals surface area contributed by atoms with Crippen LogP contribution in [-0.4, -0.2) is 22.3 Å². The van der Waals surface area contributed by atoms with Crippen molar-refractivity contribution in [2.24, 2.45) is 5.92 Å². The molecule has 2 unspecified atom stereocenters. The number of hydrogen-bond donors (Lipinski definition) is 2. The largest absolute Gasteiger partial charge is 0.478 e. The SMILES string of the molecule is CCCC(O)C(CC)C/C=C(\C)C(=O)O. The molecular weight excluding hydrogens is 192 g/mol. The monoisotopic (exact) mass is 214 g/mol. The third-order valence-electron chi connectivity index (χ3n) is 2.72. The molecule has 88 valence electrons. The van der Waals surface area contributed by atoms with E-state index in [9.17, 15) is 9.90 Å². The molecule has 0 aliphatic carbocycles. The van der Waals surface area contributed by atoms with Gasteiger partial charge in [0.1, 0.15) is 0 Å². The summed E-state index contributed by atoms with van der Waals surface area (Å²) in [4.78, 5) is 10.6. The van der Waals surface area contributed by atoms with E-state index >= 15 is 0 Å². The lowest BCUT2D eigenvalue weighted by Gasteiger charge is -2.19. The topological polar surface area (TPSA) is 57.5 Å². The molecule has 0 aromatic rings. The van der Waals surface area contributed by atoms with E-state index in [1.165, 1.54) is 0 Å². The molecule has 15 heavy (non-hydrogen) atoms. The van der Waals surface area contributed by atoms with Crippen LogP contribution >= 0.6 is 0 Å². The molecule has 2 atom stereocenters. The Morgan fingerprint density at radius 3 is 2.40 bits per heavy atom. The summed E-state index contributed by atoms with van der Waals surface area (Å²) in [7, 11) is 0. The maximum absolute atomic E-state index is 10.6. The first-order chi connectivity index (χ1) is 7.02. The fourth-order valence-corrected chi connectivity index (χ4v) is 1.54. The molecule has 0 radical (unpaired) electrons. The number of carboxylic acids is 1. The summed E-state index contributed by atoms with van der Waals surface area (Å²) in [6.07, 6.45) is 4.67. The Balaban J connectivity index is 4.21. The van der Waals surface area contributed by atoms with Crippen molar-refractivity contribution in [3.8, 4) is 0 Å². The molecule has 0 aliphatic rings. The molecule has 0 saturated carbocycles. The van der Waals surface area contributed by atoms with Crippen LogP contribution in [-0.2, 0) is 4.79 Å². The number of aliphatic hydroxyl groups excluding tert-OH is 1. The number of aliphatic carboxylic acids is 1. The first-order valence-corrected chi connectivity index (χ1v) is 5.61. The summed E-state index contributed by atoms with van der Waals surface area (Å²) >= 11 is 0. The van der Waals surface area contributed by atoms with E-state index < -0.39 is 5.97 Å². The van der Waals surface area contributed by atoms with Gasteiger partial charge in [-0.25, -0.2) is 4.79 Å². The van der Waals surface area contributed by atoms with E-state index in [1.54, 1.807) is 13.0 Å². The molecule has 0 amide bonds. The molecule has 0 aromatic carbocycles. The lowest BCUT2D eigenvalue weighted by atomic mass is 9.92. The number of carboxylic acid groups (broad SMARTS) is 1. The van der Waals surface area contributed by atoms with E-state index in [4.69, 9.17) is 5.11 Å². The Morgan fingerprint density at radius 1 is 1.40 bits per heavy atom. The standard InChI is InChI=1S/C12H22O3/c1-4-6-11(13)10(5-2)8-7-9(3)12(14)15/h7,10-11,13H,4-6,8H2,1-3H3,(H,14,15)/b9-7+. The maximum Gasteiger partial charge on any atom is 0.330 e. The van der Waals surface area contributed by atoms with Gasteiger partial charge in [-0.1, -0.05) is 32.8 Å².